The van der Waals surface area contributed by atoms with E-state index in [1.54, 1.807) is 23.6 Å². The maximum Gasteiger partial charge on any atom is 0.387 e. The largest absolute Gasteiger partial charge is 0.471 e. The van der Waals surface area contributed by atoms with Gasteiger partial charge in [-0.25, -0.2) is 9.97 Å². The molecule has 1 aliphatic carbocycles. The Labute approximate surface area is 217 Å². The number of hydrogen-bond acceptors (Lipinski definition) is 10. The van der Waals surface area contributed by atoms with Crippen LogP contribution < -0.4 is 14.8 Å². The Kier molecular flexibility index (Phi) is 7.36. The van der Waals surface area contributed by atoms with Crippen molar-refractivity contribution in [1.82, 2.24) is 19.5 Å². The molecule has 3 heterocycles. The number of alkyl halides is 2. The highest BCUT2D eigenvalue weighted by molar-refractivity contribution is 5.79. The van der Waals surface area contributed by atoms with E-state index in [4.69, 9.17) is 14.5 Å². The maximum atomic E-state index is 12.4. The minimum absolute atomic E-state index is 0.0120. The number of aromatic nitrogens is 4. The lowest BCUT2D eigenvalue weighted by Crippen LogP contribution is -2.37. The van der Waals surface area contributed by atoms with E-state index < -0.39 is 36.8 Å². The fourth-order valence-electron chi connectivity index (χ4n) is 4.86. The molecule has 0 bridgehead atoms. The molecule has 2 aromatic heterocycles. The van der Waals surface area contributed by atoms with Crippen molar-refractivity contribution in [3.05, 3.63) is 36.2 Å². The number of aliphatic hydroxyl groups excluding tert-OH is 2. The number of halogens is 2. The minimum atomic E-state index is -2.91. The zero-order chi connectivity index (χ0) is 27.0. The van der Waals surface area contributed by atoms with Crippen molar-refractivity contribution >= 4 is 17.1 Å². The second-order valence-electron chi connectivity index (χ2n) is 10.1. The molecule has 11 nitrogen and oxygen atoms in total. The van der Waals surface area contributed by atoms with Crippen molar-refractivity contribution in [2.75, 3.05) is 5.32 Å². The number of fused-ring (bicyclic) bond motifs is 1. The summed E-state index contributed by atoms with van der Waals surface area (Å²) in [7, 11) is 0. The van der Waals surface area contributed by atoms with E-state index in [-0.39, 0.29) is 24.3 Å². The number of benzene rings is 1. The van der Waals surface area contributed by atoms with E-state index in [0.29, 0.717) is 48.4 Å². The van der Waals surface area contributed by atoms with E-state index in [0.717, 1.165) is 0 Å². The van der Waals surface area contributed by atoms with Gasteiger partial charge in [0.05, 0.1) is 11.7 Å². The van der Waals surface area contributed by atoms with Gasteiger partial charge < -0.3 is 34.8 Å². The maximum absolute atomic E-state index is 12.4. The third-order valence-electron chi connectivity index (χ3n) is 7.10. The molecule has 2 fully saturated rings. The zero-order valence-electron chi connectivity index (χ0n) is 21.0. The lowest BCUT2D eigenvalue weighted by atomic mass is 9.84. The van der Waals surface area contributed by atoms with Crippen LogP contribution >= 0.6 is 0 Å². The highest BCUT2D eigenvalue weighted by Crippen LogP contribution is 2.37. The Hall–Kier alpha value is -3.13. The number of rotatable bonds is 8. The molecule has 206 valence electrons. The van der Waals surface area contributed by atoms with Crippen LogP contribution in [0.3, 0.4) is 0 Å². The topological polar surface area (TPSA) is 144 Å². The van der Waals surface area contributed by atoms with Crippen LogP contribution in [0.15, 0.2) is 30.6 Å². The molecule has 0 amide bonds. The van der Waals surface area contributed by atoms with Crippen LogP contribution in [-0.4, -0.2) is 71.4 Å². The average molecular weight is 536 g/mol. The molecule has 13 heteroatoms. The molecule has 5 rings (SSSR count). The monoisotopic (exact) mass is 535 g/mol. The molecule has 1 saturated carbocycles. The predicted molar refractivity (Wildman–Crippen MR) is 131 cm³/mol. The van der Waals surface area contributed by atoms with Gasteiger partial charge in [0.25, 0.3) is 0 Å². The van der Waals surface area contributed by atoms with Crippen LogP contribution in [0.5, 0.6) is 11.6 Å². The molecular formula is C25H31F2N5O6. The molecule has 38 heavy (non-hydrogen) atoms. The lowest BCUT2D eigenvalue weighted by Gasteiger charge is -2.34. The van der Waals surface area contributed by atoms with E-state index in [2.05, 4.69) is 20.0 Å². The standard InChI is InChI=1S/C25H31F2N5O6/c1-13-18(33)19(34)22(37-13)32-20-17(31-24(32)30-15-7-9-25(2,35)10-8-15)21(29-12-28-20)36-11-14-3-5-16(6-4-14)38-23(26)27/h3-6,12-13,15,18-19,22-23,33-35H,7-11H2,1-2H3,(H,30,31)/t13-,15?,18-,19-,22-,25?/m1/s1. The molecule has 1 saturated heterocycles. The van der Waals surface area contributed by atoms with Gasteiger partial charge in [-0.2, -0.15) is 13.8 Å². The smallest absolute Gasteiger partial charge is 0.387 e. The second kappa shape index (κ2) is 10.6. The third kappa shape index (κ3) is 5.51. The summed E-state index contributed by atoms with van der Waals surface area (Å²) < 4.78 is 42.6. The molecule has 1 aliphatic heterocycles. The van der Waals surface area contributed by atoms with Crippen molar-refractivity contribution in [2.24, 2.45) is 0 Å². The van der Waals surface area contributed by atoms with Crippen molar-refractivity contribution in [3.63, 3.8) is 0 Å². The van der Waals surface area contributed by atoms with Gasteiger partial charge >= 0.3 is 6.61 Å². The van der Waals surface area contributed by atoms with Crippen molar-refractivity contribution in [3.8, 4) is 11.6 Å². The molecule has 4 atom stereocenters. The Morgan fingerprint density at radius 3 is 2.50 bits per heavy atom. The number of nitrogens with one attached hydrogen (secondary N) is 1. The average Bonchev–Trinajstić information content (AvgIpc) is 3.36. The Morgan fingerprint density at radius 2 is 1.87 bits per heavy atom. The highest BCUT2D eigenvalue weighted by atomic mass is 19.3. The van der Waals surface area contributed by atoms with Crippen LogP contribution in [0.2, 0.25) is 0 Å². The first-order valence-corrected chi connectivity index (χ1v) is 12.5. The molecular weight excluding hydrogens is 504 g/mol. The molecule has 3 aromatic rings. The quantitative estimate of drug-likeness (QED) is 0.340. The van der Waals surface area contributed by atoms with E-state index in [1.165, 1.54) is 18.5 Å². The van der Waals surface area contributed by atoms with E-state index >= 15 is 0 Å². The molecule has 1 aromatic carbocycles. The Morgan fingerprint density at radius 1 is 1.16 bits per heavy atom. The zero-order valence-corrected chi connectivity index (χ0v) is 21.0. The van der Waals surface area contributed by atoms with Gasteiger partial charge in [-0.3, -0.25) is 4.57 Å². The number of anilines is 1. The minimum Gasteiger partial charge on any atom is -0.471 e. The molecule has 0 spiro atoms. The van der Waals surface area contributed by atoms with E-state index in [9.17, 15) is 24.1 Å². The fourth-order valence-corrected chi connectivity index (χ4v) is 4.86. The van der Waals surface area contributed by atoms with Gasteiger partial charge in [0.1, 0.15) is 30.9 Å². The number of nitrogens with zero attached hydrogens (tertiary/aromatic N) is 4. The number of ether oxygens (including phenoxy) is 3. The lowest BCUT2D eigenvalue weighted by molar-refractivity contribution is -0.0498. The molecule has 0 unspecified atom stereocenters. The summed E-state index contributed by atoms with van der Waals surface area (Å²) in [5.74, 6) is 0.589. The van der Waals surface area contributed by atoms with Gasteiger partial charge in [0.2, 0.25) is 11.8 Å². The van der Waals surface area contributed by atoms with Gasteiger partial charge in [0.15, 0.2) is 17.4 Å². The van der Waals surface area contributed by atoms with Crippen LogP contribution in [0.1, 0.15) is 51.3 Å². The van der Waals surface area contributed by atoms with Crippen molar-refractivity contribution in [1.29, 1.82) is 0 Å². The summed E-state index contributed by atoms with van der Waals surface area (Å²) in [5, 5.41) is 34.8. The normalized spacial score (nSPS) is 29.6. The van der Waals surface area contributed by atoms with Gasteiger partial charge in [0, 0.05) is 6.04 Å². The van der Waals surface area contributed by atoms with Crippen LogP contribution in [-0.2, 0) is 11.3 Å². The number of hydrogen-bond donors (Lipinski definition) is 4. The fraction of sp³-hybridized carbons (Fsp3) is 0.560. The van der Waals surface area contributed by atoms with Crippen LogP contribution in [0.4, 0.5) is 14.7 Å². The van der Waals surface area contributed by atoms with Crippen molar-refractivity contribution < 1.29 is 38.3 Å². The molecule has 0 radical (unpaired) electrons. The number of aliphatic hydroxyl groups is 3. The highest BCUT2D eigenvalue weighted by Gasteiger charge is 2.43. The summed E-state index contributed by atoms with van der Waals surface area (Å²) in [5.41, 5.74) is 0.641. The predicted octanol–water partition coefficient (Wildman–Crippen LogP) is 2.75. The first-order chi connectivity index (χ1) is 18.1. The first kappa shape index (κ1) is 26.5. The third-order valence-corrected chi connectivity index (χ3v) is 7.10. The SMILES string of the molecule is C[C@H]1O[C@@H](n2c(NC3CCC(C)(O)CC3)nc3c(OCc4ccc(OC(F)F)cc4)ncnc32)[C@H](O)[C@@H]1O. The first-order valence-electron chi connectivity index (χ1n) is 12.5. The second-order valence-corrected chi connectivity index (χ2v) is 10.1. The molecule has 4 N–H and O–H groups in total. The number of imidazole rings is 1. The molecule has 2 aliphatic rings. The van der Waals surface area contributed by atoms with Crippen LogP contribution in [0.25, 0.3) is 11.2 Å². The van der Waals surface area contributed by atoms with Gasteiger partial charge in [-0.1, -0.05) is 12.1 Å². The summed E-state index contributed by atoms with van der Waals surface area (Å²) in [6.45, 7) is 0.664. The summed E-state index contributed by atoms with van der Waals surface area (Å²) >= 11 is 0. The summed E-state index contributed by atoms with van der Waals surface area (Å²) in [6.07, 6.45) is 0.0969. The van der Waals surface area contributed by atoms with Gasteiger partial charge in [-0.05, 0) is 57.2 Å². The van der Waals surface area contributed by atoms with E-state index in [1.807, 2.05) is 6.92 Å². The Balaban J connectivity index is 1.43. The Bertz CT molecular complexity index is 1250. The summed E-state index contributed by atoms with van der Waals surface area (Å²) in [6, 6.07) is 6.06. The van der Waals surface area contributed by atoms with Gasteiger partial charge in [-0.15, -0.1) is 0 Å². The van der Waals surface area contributed by atoms with Crippen LogP contribution in [0, 0.1) is 0 Å². The summed E-state index contributed by atoms with van der Waals surface area (Å²) in [4.78, 5) is 13.3. The van der Waals surface area contributed by atoms with Crippen molar-refractivity contribution in [2.45, 2.75) is 88.9 Å².